The summed E-state index contributed by atoms with van der Waals surface area (Å²) in [5, 5.41) is 4.63. The van der Waals surface area contributed by atoms with Crippen molar-refractivity contribution in [3.63, 3.8) is 0 Å². The van der Waals surface area contributed by atoms with Gasteiger partial charge in [-0.3, -0.25) is 9.88 Å². The fourth-order valence-electron chi connectivity index (χ4n) is 5.41. The number of carbonyl (C=O) groups is 2. The molecule has 3 aromatic heterocycles. The van der Waals surface area contributed by atoms with Gasteiger partial charge in [-0.2, -0.15) is 14.6 Å². The topological polar surface area (TPSA) is 111 Å². The number of halogens is 1. The third kappa shape index (κ3) is 7.64. The van der Waals surface area contributed by atoms with Crippen LogP contribution < -0.4 is 9.64 Å². The van der Waals surface area contributed by atoms with Crippen molar-refractivity contribution in [2.75, 3.05) is 18.0 Å². The van der Waals surface area contributed by atoms with Crippen LogP contribution in [0.15, 0.2) is 60.9 Å². The molecule has 1 saturated heterocycles. The van der Waals surface area contributed by atoms with E-state index in [0.717, 1.165) is 35.2 Å². The number of benzene rings is 1. The fourth-order valence-corrected chi connectivity index (χ4v) is 5.41. The van der Waals surface area contributed by atoms with Crippen LogP contribution in [-0.2, 0) is 16.0 Å². The monoisotopic (exact) mass is 644 g/mol. The number of anilines is 1. The molecule has 2 aliphatic rings. The van der Waals surface area contributed by atoms with Crippen LogP contribution in [0.1, 0.15) is 71.4 Å². The molecule has 12 heteroatoms. The first-order valence-corrected chi connectivity index (χ1v) is 15.9. The molecule has 2 amide bonds. The lowest BCUT2D eigenvalue weighted by atomic mass is 10.1. The molecule has 4 aromatic rings. The number of ether oxygens (including phenoxy) is 3. The van der Waals surface area contributed by atoms with Crippen LogP contribution in [0, 0.1) is 0 Å². The molecule has 47 heavy (non-hydrogen) atoms. The Balaban J connectivity index is 1.34. The number of nitrogens with zero attached hydrogens (tertiary/aromatic N) is 6. The van der Waals surface area contributed by atoms with E-state index in [1.807, 2.05) is 42.5 Å². The van der Waals surface area contributed by atoms with Crippen molar-refractivity contribution >= 4 is 23.7 Å². The highest BCUT2D eigenvalue weighted by Gasteiger charge is 2.40. The maximum atomic E-state index is 15.3. The number of carbonyl (C=O) groups excluding carboxylic acids is 2. The summed E-state index contributed by atoms with van der Waals surface area (Å²) in [6, 6.07) is 15.1. The number of alkyl halides is 1. The summed E-state index contributed by atoms with van der Waals surface area (Å²) in [6.45, 7) is 10.7. The van der Waals surface area contributed by atoms with E-state index in [1.165, 1.54) is 9.80 Å². The first-order valence-electron chi connectivity index (χ1n) is 15.9. The van der Waals surface area contributed by atoms with Crippen LogP contribution in [0.4, 0.5) is 19.8 Å². The van der Waals surface area contributed by atoms with Crippen LogP contribution in [-0.4, -0.2) is 73.2 Å². The van der Waals surface area contributed by atoms with Gasteiger partial charge < -0.3 is 19.1 Å². The summed E-state index contributed by atoms with van der Waals surface area (Å²) in [5.41, 5.74) is 2.59. The van der Waals surface area contributed by atoms with Crippen molar-refractivity contribution in [2.24, 2.45) is 0 Å². The first-order chi connectivity index (χ1) is 22.2. The molecule has 2 atom stereocenters. The number of pyridine rings is 1. The predicted molar refractivity (Wildman–Crippen MR) is 174 cm³/mol. The van der Waals surface area contributed by atoms with Crippen molar-refractivity contribution in [3.8, 4) is 17.1 Å². The summed E-state index contributed by atoms with van der Waals surface area (Å²) < 4.78 is 34.4. The maximum Gasteiger partial charge on any atom is 0.416 e. The second kappa shape index (κ2) is 12.5. The van der Waals surface area contributed by atoms with Gasteiger partial charge in [0.05, 0.1) is 31.5 Å². The van der Waals surface area contributed by atoms with Crippen molar-refractivity contribution in [2.45, 2.75) is 90.3 Å². The van der Waals surface area contributed by atoms with Crippen LogP contribution in [0.2, 0.25) is 0 Å². The zero-order chi connectivity index (χ0) is 33.5. The largest absolute Gasteiger partial charge is 0.469 e. The molecule has 1 aromatic carbocycles. The highest BCUT2D eigenvalue weighted by molar-refractivity contribution is 5.87. The Kier molecular flexibility index (Phi) is 8.54. The van der Waals surface area contributed by atoms with E-state index >= 15 is 4.39 Å². The molecule has 0 radical (unpaired) electrons. The van der Waals surface area contributed by atoms with Gasteiger partial charge in [-0.25, -0.2) is 14.0 Å². The Labute approximate surface area is 273 Å². The standard InChI is InChI=1S/C35H41FN6O5/c1-34(2,3)46-32(43)40-20-26(36)28(21-40)45-29-17-30(42-31(39-29)25(18-38-42)23-14-15-23)41(33(44)47-35(4,5)6)19-22-10-12-24(13-11-22)27-9-7-8-16-37-27/h7-13,16-18,23,26,28H,14-15,19-21H2,1-6H3/t26-,28-/m1/s1. The van der Waals surface area contributed by atoms with Gasteiger partial charge in [0.1, 0.15) is 17.0 Å². The van der Waals surface area contributed by atoms with Crippen molar-refractivity contribution < 1.29 is 28.2 Å². The molecule has 6 rings (SSSR count). The summed E-state index contributed by atoms with van der Waals surface area (Å²) >= 11 is 0. The van der Waals surface area contributed by atoms with Crippen LogP contribution >= 0.6 is 0 Å². The lowest BCUT2D eigenvalue weighted by Gasteiger charge is -2.28. The summed E-state index contributed by atoms with van der Waals surface area (Å²) in [6.07, 6.45) is 1.88. The van der Waals surface area contributed by atoms with E-state index in [2.05, 4.69) is 10.1 Å². The number of aromatic nitrogens is 4. The van der Waals surface area contributed by atoms with Gasteiger partial charge in [-0.05, 0) is 78.0 Å². The minimum atomic E-state index is -1.46. The molecule has 0 N–H and O–H groups in total. The zero-order valence-electron chi connectivity index (χ0n) is 27.6. The zero-order valence-corrected chi connectivity index (χ0v) is 27.6. The van der Waals surface area contributed by atoms with E-state index in [9.17, 15) is 9.59 Å². The predicted octanol–water partition coefficient (Wildman–Crippen LogP) is 6.95. The number of likely N-dealkylation sites (tertiary alicyclic amines) is 1. The third-order valence-corrected chi connectivity index (χ3v) is 7.74. The van der Waals surface area contributed by atoms with Gasteiger partial charge in [0.15, 0.2) is 17.9 Å². The summed E-state index contributed by atoms with van der Waals surface area (Å²) in [5.74, 6) is 0.769. The Morgan fingerprint density at radius 2 is 1.70 bits per heavy atom. The first kappa shape index (κ1) is 32.2. The van der Waals surface area contributed by atoms with E-state index in [0.29, 0.717) is 17.4 Å². The minimum Gasteiger partial charge on any atom is -0.469 e. The van der Waals surface area contributed by atoms with Crippen molar-refractivity contribution in [1.29, 1.82) is 0 Å². The molecule has 0 bridgehead atoms. The fraction of sp³-hybridized carbons (Fsp3) is 0.457. The van der Waals surface area contributed by atoms with Crippen LogP contribution in [0.25, 0.3) is 16.9 Å². The molecule has 1 aliphatic heterocycles. The minimum absolute atomic E-state index is 0.00851. The van der Waals surface area contributed by atoms with Crippen molar-refractivity contribution in [1.82, 2.24) is 24.5 Å². The van der Waals surface area contributed by atoms with E-state index in [1.54, 1.807) is 64.5 Å². The lowest BCUT2D eigenvalue weighted by Crippen LogP contribution is -2.38. The third-order valence-electron chi connectivity index (χ3n) is 7.74. The molecule has 0 unspecified atom stereocenters. The molecule has 2 fully saturated rings. The normalized spacial score (nSPS) is 18.3. The smallest absolute Gasteiger partial charge is 0.416 e. The van der Waals surface area contributed by atoms with Crippen LogP contribution in [0.3, 0.4) is 0 Å². The average molecular weight is 645 g/mol. The average Bonchev–Trinajstić information content (AvgIpc) is 3.65. The van der Waals surface area contributed by atoms with Gasteiger partial charge in [0.25, 0.3) is 0 Å². The van der Waals surface area contributed by atoms with E-state index < -0.39 is 35.7 Å². The maximum absolute atomic E-state index is 15.3. The number of rotatable bonds is 7. The highest BCUT2D eigenvalue weighted by Crippen LogP contribution is 2.42. The second-order valence-corrected chi connectivity index (χ2v) is 14.1. The van der Waals surface area contributed by atoms with Crippen LogP contribution in [0.5, 0.6) is 5.88 Å². The Morgan fingerprint density at radius 3 is 2.34 bits per heavy atom. The van der Waals surface area contributed by atoms with Gasteiger partial charge in [0, 0.05) is 23.4 Å². The van der Waals surface area contributed by atoms with Gasteiger partial charge >= 0.3 is 12.2 Å². The van der Waals surface area contributed by atoms with Gasteiger partial charge in [-0.15, -0.1) is 0 Å². The molecule has 248 valence electrons. The van der Waals surface area contributed by atoms with Gasteiger partial charge in [-0.1, -0.05) is 30.3 Å². The Hall–Kier alpha value is -4.74. The number of fused-ring (bicyclic) bond motifs is 1. The molecular formula is C35H41FN6O5. The van der Waals surface area contributed by atoms with E-state index in [-0.39, 0.29) is 25.5 Å². The Bertz CT molecular complexity index is 1740. The molecule has 11 nitrogen and oxygen atoms in total. The second-order valence-electron chi connectivity index (χ2n) is 14.1. The number of amides is 2. The molecular weight excluding hydrogens is 603 g/mol. The SMILES string of the molecule is CC(C)(C)OC(=O)N1C[C@@H](F)[C@H](Oc2cc(N(Cc3ccc(-c4ccccn4)cc3)C(=O)OC(C)(C)C)n3ncc(C4CC4)c3n2)C1. The highest BCUT2D eigenvalue weighted by atomic mass is 19.1. The molecule has 1 saturated carbocycles. The summed E-state index contributed by atoms with van der Waals surface area (Å²) in [7, 11) is 0. The molecule has 4 heterocycles. The van der Waals surface area contributed by atoms with E-state index in [4.69, 9.17) is 19.2 Å². The number of hydrogen-bond donors (Lipinski definition) is 0. The summed E-state index contributed by atoms with van der Waals surface area (Å²) in [4.78, 5) is 38.5. The molecule has 1 aliphatic carbocycles. The molecule has 0 spiro atoms. The number of hydrogen-bond acceptors (Lipinski definition) is 8. The Morgan fingerprint density at radius 1 is 0.979 bits per heavy atom. The lowest BCUT2D eigenvalue weighted by molar-refractivity contribution is 0.0272. The van der Waals surface area contributed by atoms with Gasteiger partial charge in [0.2, 0.25) is 5.88 Å². The van der Waals surface area contributed by atoms with Crippen molar-refractivity contribution in [3.05, 3.63) is 72.1 Å². The quantitative estimate of drug-likeness (QED) is 0.213.